The highest BCUT2D eigenvalue weighted by molar-refractivity contribution is 5.81. The van der Waals surface area contributed by atoms with Crippen molar-refractivity contribution >= 4 is 11.9 Å². The fraction of sp³-hybridized carbons (Fsp3) is 0.619. The monoisotopic (exact) mass is 373 g/mol. The lowest BCUT2D eigenvalue weighted by Gasteiger charge is -2.26. The molecule has 2 rings (SSSR count). The number of rotatable bonds is 8. The first kappa shape index (κ1) is 21.2. The van der Waals surface area contributed by atoms with E-state index in [1.807, 2.05) is 14.1 Å². The molecule has 0 bridgehead atoms. The molecule has 1 aromatic carbocycles. The molecule has 1 aliphatic heterocycles. The minimum atomic E-state index is 0.0583. The van der Waals surface area contributed by atoms with Gasteiger partial charge < -0.3 is 15.5 Å². The Balaban J connectivity index is 1.79. The maximum absolute atomic E-state index is 12.3. The van der Waals surface area contributed by atoms with Crippen LogP contribution in [0.1, 0.15) is 37.3 Å². The van der Waals surface area contributed by atoms with E-state index in [1.54, 1.807) is 4.90 Å². The first-order chi connectivity index (χ1) is 13.0. The molecule has 0 saturated carbocycles. The Bertz CT molecular complexity index is 629. The molecule has 2 N–H and O–H groups in total. The van der Waals surface area contributed by atoms with Gasteiger partial charge in [-0.3, -0.25) is 9.69 Å². The minimum Gasteiger partial charge on any atom is -0.357 e. The van der Waals surface area contributed by atoms with E-state index in [0.29, 0.717) is 6.54 Å². The number of nitrogens with one attached hydrogen (secondary N) is 2. The molecule has 1 atom stereocenters. The smallest absolute Gasteiger partial charge is 0.239 e. The van der Waals surface area contributed by atoms with Gasteiger partial charge in [-0.2, -0.15) is 0 Å². The molecule has 1 aromatic rings. The van der Waals surface area contributed by atoms with Crippen LogP contribution < -0.4 is 10.6 Å². The zero-order valence-electron chi connectivity index (χ0n) is 17.3. The zero-order chi connectivity index (χ0) is 19.6. The third-order valence-corrected chi connectivity index (χ3v) is 5.02. The van der Waals surface area contributed by atoms with Crippen LogP contribution in [0.5, 0.6) is 0 Å². The summed E-state index contributed by atoms with van der Waals surface area (Å²) in [6, 6.07) is 8.41. The summed E-state index contributed by atoms with van der Waals surface area (Å²) >= 11 is 0. The summed E-state index contributed by atoms with van der Waals surface area (Å²) in [7, 11) is 3.68. The third kappa shape index (κ3) is 6.54. The summed E-state index contributed by atoms with van der Waals surface area (Å²) in [6.07, 6.45) is 3.08. The molecule has 0 aliphatic carbocycles. The number of amides is 1. The van der Waals surface area contributed by atoms with Crippen molar-refractivity contribution in [3.63, 3.8) is 0 Å². The quantitative estimate of drug-likeness (QED) is 0.416. The number of hydrogen-bond donors (Lipinski definition) is 2. The summed E-state index contributed by atoms with van der Waals surface area (Å²) in [5.74, 6) is 1.08. The molecule has 1 unspecified atom stereocenters. The van der Waals surface area contributed by atoms with Gasteiger partial charge in [-0.15, -0.1) is 0 Å². The van der Waals surface area contributed by atoms with Gasteiger partial charge in [-0.05, 0) is 50.8 Å². The van der Waals surface area contributed by atoms with E-state index in [0.717, 1.165) is 51.4 Å². The van der Waals surface area contributed by atoms with Crippen molar-refractivity contribution in [2.24, 2.45) is 4.99 Å². The van der Waals surface area contributed by atoms with E-state index in [9.17, 15) is 4.79 Å². The van der Waals surface area contributed by atoms with Crippen molar-refractivity contribution in [3.05, 3.63) is 35.4 Å². The van der Waals surface area contributed by atoms with Crippen LogP contribution in [0, 0.1) is 6.92 Å². The standard InChI is InChI=1S/C21H35N5O/c1-5-22-21(24-16-18-11-7-6-10-17(18)2)23-13-9-15-26-14-8-12-19(26)20(27)25(3)4/h6-7,10-11,19H,5,8-9,12-16H2,1-4H3,(H2,22,23,24). The molecule has 27 heavy (non-hydrogen) atoms. The van der Waals surface area contributed by atoms with Crippen molar-refractivity contribution in [1.82, 2.24) is 20.4 Å². The van der Waals surface area contributed by atoms with Gasteiger partial charge >= 0.3 is 0 Å². The Morgan fingerprint density at radius 3 is 2.78 bits per heavy atom. The molecule has 1 heterocycles. The third-order valence-electron chi connectivity index (χ3n) is 5.02. The summed E-state index contributed by atoms with van der Waals surface area (Å²) < 4.78 is 0. The van der Waals surface area contributed by atoms with Gasteiger partial charge in [0.05, 0.1) is 12.6 Å². The molecule has 1 aliphatic rings. The van der Waals surface area contributed by atoms with Gasteiger partial charge in [0.15, 0.2) is 5.96 Å². The number of carbonyl (C=O) groups excluding carboxylic acids is 1. The average Bonchev–Trinajstić information content (AvgIpc) is 3.11. The van der Waals surface area contributed by atoms with E-state index in [4.69, 9.17) is 4.99 Å². The predicted molar refractivity (Wildman–Crippen MR) is 112 cm³/mol. The number of benzene rings is 1. The number of nitrogens with zero attached hydrogens (tertiary/aromatic N) is 3. The minimum absolute atomic E-state index is 0.0583. The number of likely N-dealkylation sites (N-methyl/N-ethyl adjacent to an activating group) is 1. The molecule has 1 amide bonds. The molecule has 6 nitrogen and oxygen atoms in total. The lowest BCUT2D eigenvalue weighted by atomic mass is 10.1. The molecule has 0 radical (unpaired) electrons. The molecule has 6 heteroatoms. The largest absolute Gasteiger partial charge is 0.357 e. The Labute approximate surface area is 164 Å². The van der Waals surface area contributed by atoms with Crippen LogP contribution in [0.2, 0.25) is 0 Å². The second kappa shape index (κ2) is 10.9. The predicted octanol–water partition coefficient (Wildman–Crippen LogP) is 1.99. The first-order valence-corrected chi connectivity index (χ1v) is 10.0. The molecule has 0 spiro atoms. The van der Waals surface area contributed by atoms with Crippen molar-refractivity contribution < 1.29 is 4.79 Å². The Kier molecular flexibility index (Phi) is 8.58. The topological polar surface area (TPSA) is 60.0 Å². The SMILES string of the molecule is CCNC(=NCc1ccccc1C)NCCCN1CCCC1C(=O)N(C)C. The van der Waals surface area contributed by atoms with Crippen LogP contribution in [-0.2, 0) is 11.3 Å². The first-order valence-electron chi connectivity index (χ1n) is 10.0. The Morgan fingerprint density at radius 1 is 1.30 bits per heavy atom. The summed E-state index contributed by atoms with van der Waals surface area (Å²) in [5, 5.41) is 6.73. The van der Waals surface area contributed by atoms with Crippen molar-refractivity contribution in [2.45, 2.75) is 45.7 Å². The summed E-state index contributed by atoms with van der Waals surface area (Å²) in [6.45, 7) is 8.51. The highest BCUT2D eigenvalue weighted by Gasteiger charge is 2.30. The van der Waals surface area contributed by atoms with Gasteiger partial charge in [0.25, 0.3) is 0 Å². The lowest BCUT2D eigenvalue weighted by Crippen LogP contribution is -2.44. The number of aryl methyl sites for hydroxylation is 1. The van der Waals surface area contributed by atoms with Crippen LogP contribution in [0.15, 0.2) is 29.3 Å². The van der Waals surface area contributed by atoms with Crippen LogP contribution in [-0.4, -0.2) is 68.0 Å². The highest BCUT2D eigenvalue weighted by atomic mass is 16.2. The fourth-order valence-electron chi connectivity index (χ4n) is 3.45. The molecular weight excluding hydrogens is 338 g/mol. The average molecular weight is 374 g/mol. The summed E-state index contributed by atoms with van der Waals surface area (Å²) in [4.78, 5) is 21.0. The number of likely N-dealkylation sites (tertiary alicyclic amines) is 1. The van der Waals surface area contributed by atoms with Gasteiger partial charge in [0.2, 0.25) is 5.91 Å². The van der Waals surface area contributed by atoms with Crippen molar-refractivity contribution in [1.29, 1.82) is 0 Å². The molecule has 1 saturated heterocycles. The lowest BCUT2D eigenvalue weighted by molar-refractivity contribution is -0.133. The van der Waals surface area contributed by atoms with E-state index in [1.165, 1.54) is 11.1 Å². The van der Waals surface area contributed by atoms with Crippen molar-refractivity contribution in [2.75, 3.05) is 40.3 Å². The second-order valence-electron chi connectivity index (χ2n) is 7.33. The number of aliphatic imine (C=N–C) groups is 1. The molecular formula is C21H35N5O. The molecule has 1 fully saturated rings. The van der Waals surface area contributed by atoms with E-state index in [-0.39, 0.29) is 11.9 Å². The highest BCUT2D eigenvalue weighted by Crippen LogP contribution is 2.18. The van der Waals surface area contributed by atoms with Crippen molar-refractivity contribution in [3.8, 4) is 0 Å². The van der Waals surface area contributed by atoms with Crippen LogP contribution in [0.3, 0.4) is 0 Å². The summed E-state index contributed by atoms with van der Waals surface area (Å²) in [5.41, 5.74) is 2.51. The Hall–Kier alpha value is -2.08. The number of hydrogen-bond acceptors (Lipinski definition) is 3. The number of carbonyl (C=O) groups is 1. The number of guanidine groups is 1. The maximum Gasteiger partial charge on any atom is 0.239 e. The van der Waals surface area contributed by atoms with Gasteiger partial charge in [-0.25, -0.2) is 4.99 Å². The Morgan fingerprint density at radius 2 is 2.07 bits per heavy atom. The maximum atomic E-state index is 12.3. The fourth-order valence-corrected chi connectivity index (χ4v) is 3.45. The van der Waals surface area contributed by atoms with Gasteiger partial charge in [-0.1, -0.05) is 24.3 Å². The van der Waals surface area contributed by atoms with E-state index < -0.39 is 0 Å². The van der Waals surface area contributed by atoms with E-state index >= 15 is 0 Å². The van der Waals surface area contributed by atoms with Crippen LogP contribution in [0.25, 0.3) is 0 Å². The molecule has 150 valence electrons. The zero-order valence-corrected chi connectivity index (χ0v) is 17.3. The van der Waals surface area contributed by atoms with Crippen LogP contribution >= 0.6 is 0 Å². The van der Waals surface area contributed by atoms with Gasteiger partial charge in [0, 0.05) is 33.7 Å². The normalized spacial score (nSPS) is 17.8. The second-order valence-corrected chi connectivity index (χ2v) is 7.33. The van der Waals surface area contributed by atoms with Crippen LogP contribution in [0.4, 0.5) is 0 Å². The van der Waals surface area contributed by atoms with E-state index in [2.05, 4.69) is 53.6 Å². The van der Waals surface area contributed by atoms with Gasteiger partial charge in [0.1, 0.15) is 0 Å². The molecule has 0 aromatic heterocycles.